The fourth-order valence-corrected chi connectivity index (χ4v) is 3.69. The van der Waals surface area contributed by atoms with Crippen molar-refractivity contribution in [2.45, 2.75) is 11.8 Å². The number of halogens is 2. The standard InChI is InChI=1S/C14H13ClFNS/c15-13-5-4-12(18-13)7-14(8-17-9-14)10-2-1-3-11(16)6-10/h1-6,17H,7-9H2. The lowest BCUT2D eigenvalue weighted by Crippen LogP contribution is -2.58. The third kappa shape index (κ3) is 2.18. The largest absolute Gasteiger partial charge is 0.315 e. The molecule has 1 aromatic carbocycles. The maximum Gasteiger partial charge on any atom is 0.123 e. The minimum Gasteiger partial charge on any atom is -0.315 e. The Morgan fingerprint density at radius 2 is 2.11 bits per heavy atom. The van der Waals surface area contributed by atoms with Gasteiger partial charge in [0.25, 0.3) is 0 Å². The van der Waals surface area contributed by atoms with Crippen LogP contribution in [0, 0.1) is 5.82 Å². The maximum absolute atomic E-state index is 13.4. The maximum atomic E-state index is 13.4. The molecule has 0 atom stereocenters. The smallest absolute Gasteiger partial charge is 0.123 e. The molecule has 1 aliphatic rings. The molecule has 1 aromatic heterocycles. The molecule has 18 heavy (non-hydrogen) atoms. The number of nitrogens with one attached hydrogen (secondary N) is 1. The van der Waals surface area contributed by atoms with Gasteiger partial charge in [-0.15, -0.1) is 11.3 Å². The van der Waals surface area contributed by atoms with Gasteiger partial charge in [-0.25, -0.2) is 4.39 Å². The van der Waals surface area contributed by atoms with E-state index >= 15 is 0 Å². The molecule has 3 rings (SSSR count). The highest BCUT2D eigenvalue weighted by molar-refractivity contribution is 7.16. The Morgan fingerprint density at radius 1 is 1.28 bits per heavy atom. The SMILES string of the molecule is Fc1cccc(C2(Cc3ccc(Cl)s3)CNC2)c1. The lowest BCUT2D eigenvalue weighted by Gasteiger charge is -2.43. The number of hydrogen-bond acceptors (Lipinski definition) is 2. The Morgan fingerprint density at radius 3 is 2.67 bits per heavy atom. The topological polar surface area (TPSA) is 12.0 Å². The molecule has 1 saturated heterocycles. The van der Waals surface area contributed by atoms with E-state index in [9.17, 15) is 4.39 Å². The summed E-state index contributed by atoms with van der Waals surface area (Å²) in [5.74, 6) is -0.164. The van der Waals surface area contributed by atoms with Crippen LogP contribution in [0.15, 0.2) is 36.4 Å². The summed E-state index contributed by atoms with van der Waals surface area (Å²) < 4.78 is 14.2. The van der Waals surface area contributed by atoms with Crippen LogP contribution in [-0.2, 0) is 11.8 Å². The molecule has 0 saturated carbocycles. The second-order valence-electron chi connectivity index (χ2n) is 4.78. The van der Waals surface area contributed by atoms with Crippen molar-refractivity contribution in [1.82, 2.24) is 5.32 Å². The highest BCUT2D eigenvalue weighted by atomic mass is 35.5. The zero-order valence-electron chi connectivity index (χ0n) is 9.75. The summed E-state index contributed by atoms with van der Waals surface area (Å²) in [6, 6.07) is 10.9. The first-order chi connectivity index (χ1) is 8.68. The van der Waals surface area contributed by atoms with Crippen LogP contribution in [0.25, 0.3) is 0 Å². The van der Waals surface area contributed by atoms with E-state index in [0.29, 0.717) is 0 Å². The fraction of sp³-hybridized carbons (Fsp3) is 0.286. The van der Waals surface area contributed by atoms with E-state index in [0.717, 1.165) is 29.4 Å². The third-order valence-electron chi connectivity index (χ3n) is 3.51. The molecule has 0 spiro atoms. The highest BCUT2D eigenvalue weighted by Gasteiger charge is 2.39. The minimum absolute atomic E-state index is 0.0241. The van der Waals surface area contributed by atoms with Gasteiger partial charge in [0, 0.05) is 23.4 Å². The van der Waals surface area contributed by atoms with Crippen molar-refractivity contribution in [3.05, 3.63) is 57.0 Å². The van der Waals surface area contributed by atoms with Crippen LogP contribution in [0.5, 0.6) is 0 Å². The van der Waals surface area contributed by atoms with Gasteiger partial charge >= 0.3 is 0 Å². The van der Waals surface area contributed by atoms with Crippen molar-refractivity contribution in [2.75, 3.05) is 13.1 Å². The molecule has 0 radical (unpaired) electrons. The monoisotopic (exact) mass is 281 g/mol. The van der Waals surface area contributed by atoms with E-state index in [2.05, 4.69) is 11.4 Å². The average Bonchev–Trinajstić information content (AvgIpc) is 2.69. The first-order valence-electron chi connectivity index (χ1n) is 5.89. The second-order valence-corrected chi connectivity index (χ2v) is 6.58. The Labute approximate surface area is 115 Å². The number of thiophene rings is 1. The third-order valence-corrected chi connectivity index (χ3v) is 4.74. The molecule has 1 aliphatic heterocycles. The molecule has 2 heterocycles. The summed E-state index contributed by atoms with van der Waals surface area (Å²) in [5, 5.41) is 3.30. The number of benzene rings is 1. The van der Waals surface area contributed by atoms with Crippen LogP contribution in [0.2, 0.25) is 4.34 Å². The van der Waals surface area contributed by atoms with E-state index in [4.69, 9.17) is 11.6 Å². The number of rotatable bonds is 3. The van der Waals surface area contributed by atoms with Crippen molar-refractivity contribution in [2.24, 2.45) is 0 Å². The molecule has 0 amide bonds. The molecule has 4 heteroatoms. The second kappa shape index (κ2) is 4.65. The van der Waals surface area contributed by atoms with E-state index in [1.165, 1.54) is 10.9 Å². The van der Waals surface area contributed by atoms with Gasteiger partial charge in [0.1, 0.15) is 5.82 Å². The summed E-state index contributed by atoms with van der Waals surface area (Å²) in [7, 11) is 0. The van der Waals surface area contributed by atoms with Gasteiger partial charge in [0.2, 0.25) is 0 Å². The predicted molar refractivity (Wildman–Crippen MR) is 74.0 cm³/mol. The Hall–Kier alpha value is -0.900. The van der Waals surface area contributed by atoms with Gasteiger partial charge in [-0.3, -0.25) is 0 Å². The van der Waals surface area contributed by atoms with Crippen LogP contribution in [-0.4, -0.2) is 13.1 Å². The van der Waals surface area contributed by atoms with Crippen LogP contribution in [0.4, 0.5) is 4.39 Å². The van der Waals surface area contributed by atoms with Crippen molar-refractivity contribution >= 4 is 22.9 Å². The molecule has 1 fully saturated rings. The first-order valence-corrected chi connectivity index (χ1v) is 7.08. The van der Waals surface area contributed by atoms with Crippen molar-refractivity contribution in [3.63, 3.8) is 0 Å². The Balaban J connectivity index is 1.90. The fourth-order valence-electron chi connectivity index (χ4n) is 2.46. The predicted octanol–water partition coefficient (Wildman–Crippen LogP) is 3.62. The van der Waals surface area contributed by atoms with E-state index in [-0.39, 0.29) is 11.2 Å². The summed E-state index contributed by atoms with van der Waals surface area (Å²) in [4.78, 5) is 1.26. The lowest BCUT2D eigenvalue weighted by molar-refractivity contribution is 0.275. The molecular weight excluding hydrogens is 269 g/mol. The van der Waals surface area contributed by atoms with Gasteiger partial charge < -0.3 is 5.32 Å². The first kappa shape index (κ1) is 12.2. The van der Waals surface area contributed by atoms with E-state index < -0.39 is 0 Å². The van der Waals surface area contributed by atoms with Crippen molar-refractivity contribution < 1.29 is 4.39 Å². The summed E-state index contributed by atoms with van der Waals surface area (Å²) >= 11 is 7.57. The van der Waals surface area contributed by atoms with Gasteiger partial charge in [-0.2, -0.15) is 0 Å². The van der Waals surface area contributed by atoms with Gasteiger partial charge in [-0.05, 0) is 36.2 Å². The molecule has 0 unspecified atom stereocenters. The van der Waals surface area contributed by atoms with Crippen LogP contribution < -0.4 is 5.32 Å². The molecular formula is C14H13ClFNS. The van der Waals surface area contributed by atoms with Crippen molar-refractivity contribution in [1.29, 1.82) is 0 Å². The molecule has 2 aromatic rings. The van der Waals surface area contributed by atoms with Gasteiger partial charge in [-0.1, -0.05) is 23.7 Å². The van der Waals surface area contributed by atoms with Crippen LogP contribution >= 0.6 is 22.9 Å². The van der Waals surface area contributed by atoms with Crippen LogP contribution in [0.1, 0.15) is 10.4 Å². The van der Waals surface area contributed by atoms with Crippen molar-refractivity contribution in [3.8, 4) is 0 Å². The summed E-state index contributed by atoms with van der Waals surface area (Å²) in [5.41, 5.74) is 1.10. The normalized spacial score (nSPS) is 17.4. The molecule has 0 bridgehead atoms. The summed E-state index contributed by atoms with van der Waals surface area (Å²) in [6.07, 6.45) is 0.918. The Kier molecular flexibility index (Phi) is 3.14. The quantitative estimate of drug-likeness (QED) is 0.906. The van der Waals surface area contributed by atoms with E-state index in [1.807, 2.05) is 12.1 Å². The lowest BCUT2D eigenvalue weighted by atomic mass is 9.72. The van der Waals surface area contributed by atoms with Crippen LogP contribution in [0.3, 0.4) is 0 Å². The minimum atomic E-state index is -0.164. The molecule has 0 aliphatic carbocycles. The molecule has 1 N–H and O–H groups in total. The average molecular weight is 282 g/mol. The number of hydrogen-bond donors (Lipinski definition) is 1. The molecule has 1 nitrogen and oxygen atoms in total. The zero-order chi connectivity index (χ0) is 12.6. The zero-order valence-corrected chi connectivity index (χ0v) is 11.3. The molecule has 94 valence electrons. The van der Waals surface area contributed by atoms with Gasteiger partial charge in [0.05, 0.1) is 4.34 Å². The Bertz CT molecular complexity index is 562. The van der Waals surface area contributed by atoms with Gasteiger partial charge in [0.15, 0.2) is 0 Å². The summed E-state index contributed by atoms with van der Waals surface area (Å²) in [6.45, 7) is 1.79. The van der Waals surface area contributed by atoms with E-state index in [1.54, 1.807) is 23.5 Å². The highest BCUT2D eigenvalue weighted by Crippen LogP contribution is 2.35.